The van der Waals surface area contributed by atoms with Crippen LogP contribution in [-0.2, 0) is 16.1 Å². The third-order valence-corrected chi connectivity index (χ3v) is 4.94. The largest absolute Gasteiger partial charge is 0.493 e. The summed E-state index contributed by atoms with van der Waals surface area (Å²) in [5.74, 6) is 1.41. The Hall–Kier alpha value is -1.27. The van der Waals surface area contributed by atoms with E-state index in [9.17, 15) is 4.79 Å². The van der Waals surface area contributed by atoms with E-state index < -0.39 is 0 Å². The Labute approximate surface area is 145 Å². The Morgan fingerprint density at radius 1 is 1.17 bits per heavy atom. The van der Waals surface area contributed by atoms with Gasteiger partial charge >= 0.3 is 5.97 Å². The number of carbonyl (C=O) groups excluding carboxylic acids is 1. The average Bonchev–Trinajstić information content (AvgIpc) is 2.59. The van der Waals surface area contributed by atoms with E-state index >= 15 is 0 Å². The van der Waals surface area contributed by atoms with Crippen molar-refractivity contribution < 1.29 is 19.0 Å². The second-order valence-corrected chi connectivity index (χ2v) is 6.62. The Morgan fingerprint density at radius 2 is 1.87 bits per heavy atom. The monoisotopic (exact) mass is 385 g/mol. The molecule has 0 heterocycles. The predicted molar refractivity (Wildman–Crippen MR) is 91.8 cm³/mol. The van der Waals surface area contributed by atoms with Gasteiger partial charge in [0.2, 0.25) is 0 Å². The highest BCUT2D eigenvalue weighted by Crippen LogP contribution is 2.36. The summed E-state index contributed by atoms with van der Waals surface area (Å²) in [5.41, 5.74) is 1.13. The molecular weight excluding hydrogens is 362 g/mol. The third-order valence-electron chi connectivity index (χ3n) is 4.35. The molecule has 1 aromatic rings. The molecule has 23 heavy (non-hydrogen) atoms. The summed E-state index contributed by atoms with van der Waals surface area (Å²) in [7, 11) is 4.72. The van der Waals surface area contributed by atoms with Crippen molar-refractivity contribution in [2.75, 3.05) is 21.3 Å². The fourth-order valence-electron chi connectivity index (χ4n) is 3.04. The van der Waals surface area contributed by atoms with Gasteiger partial charge in [-0.2, -0.15) is 0 Å². The van der Waals surface area contributed by atoms with Crippen LogP contribution in [-0.4, -0.2) is 33.3 Å². The van der Waals surface area contributed by atoms with Crippen LogP contribution in [0, 0.1) is 5.92 Å². The molecule has 2 rings (SSSR count). The van der Waals surface area contributed by atoms with Gasteiger partial charge < -0.3 is 19.5 Å². The highest BCUT2D eigenvalue weighted by molar-refractivity contribution is 9.10. The lowest BCUT2D eigenvalue weighted by molar-refractivity contribution is -0.146. The van der Waals surface area contributed by atoms with Gasteiger partial charge in [0.05, 0.1) is 31.7 Å². The predicted octanol–water partition coefficient (Wildman–Crippen LogP) is 3.29. The Bertz CT molecular complexity index is 542. The second kappa shape index (κ2) is 8.55. The zero-order chi connectivity index (χ0) is 16.8. The van der Waals surface area contributed by atoms with Gasteiger partial charge in [0.1, 0.15) is 0 Å². The van der Waals surface area contributed by atoms with Crippen LogP contribution in [0.3, 0.4) is 0 Å². The quantitative estimate of drug-likeness (QED) is 0.761. The van der Waals surface area contributed by atoms with Crippen LogP contribution in [0.25, 0.3) is 0 Å². The van der Waals surface area contributed by atoms with E-state index in [1.54, 1.807) is 14.2 Å². The zero-order valence-electron chi connectivity index (χ0n) is 13.9. The summed E-state index contributed by atoms with van der Waals surface area (Å²) >= 11 is 3.51. The molecule has 6 heteroatoms. The summed E-state index contributed by atoms with van der Waals surface area (Å²) in [6.45, 7) is 0.756. The molecule has 0 aliphatic heterocycles. The first-order chi connectivity index (χ1) is 11.1. The summed E-state index contributed by atoms with van der Waals surface area (Å²) in [5, 5.41) is 3.56. The minimum Gasteiger partial charge on any atom is -0.493 e. The van der Waals surface area contributed by atoms with Crippen LogP contribution in [0.1, 0.15) is 31.2 Å². The number of halogens is 1. The van der Waals surface area contributed by atoms with Crippen molar-refractivity contribution in [3.8, 4) is 11.5 Å². The van der Waals surface area contributed by atoms with E-state index in [0.29, 0.717) is 17.5 Å². The fourth-order valence-corrected chi connectivity index (χ4v) is 3.69. The highest BCUT2D eigenvalue weighted by atomic mass is 79.9. The number of ether oxygens (including phenoxy) is 3. The number of hydrogen-bond acceptors (Lipinski definition) is 5. The number of nitrogens with one attached hydrogen (secondary N) is 1. The number of rotatable bonds is 6. The molecule has 0 amide bonds. The number of carbonyl (C=O) groups is 1. The normalized spacial score (nSPS) is 20.9. The van der Waals surface area contributed by atoms with Gasteiger partial charge in [-0.3, -0.25) is 4.79 Å². The third kappa shape index (κ3) is 4.61. The van der Waals surface area contributed by atoms with Crippen molar-refractivity contribution in [2.24, 2.45) is 5.92 Å². The summed E-state index contributed by atoms with van der Waals surface area (Å²) < 4.78 is 16.4. The smallest absolute Gasteiger partial charge is 0.308 e. The van der Waals surface area contributed by atoms with Crippen molar-refractivity contribution in [3.63, 3.8) is 0 Å². The molecule has 0 saturated heterocycles. The maximum Gasteiger partial charge on any atom is 0.308 e. The number of benzene rings is 1. The zero-order valence-corrected chi connectivity index (χ0v) is 15.4. The van der Waals surface area contributed by atoms with Gasteiger partial charge in [-0.1, -0.05) is 0 Å². The van der Waals surface area contributed by atoms with E-state index in [0.717, 1.165) is 42.3 Å². The maximum absolute atomic E-state index is 11.5. The Kier molecular flexibility index (Phi) is 6.72. The van der Waals surface area contributed by atoms with Gasteiger partial charge in [0, 0.05) is 12.6 Å². The molecule has 0 spiro atoms. The van der Waals surface area contributed by atoms with E-state index in [1.807, 2.05) is 12.1 Å². The molecule has 1 N–H and O–H groups in total. The number of esters is 1. The fraction of sp³-hybridized carbons (Fsp3) is 0.588. The standard InChI is InChI=1S/C17H24BrNO4/c1-21-15-9-11(8-14(18)16(15)22-2)10-19-13-6-4-12(5-7-13)17(20)23-3/h8-9,12-13,19H,4-7,10H2,1-3H3. The molecule has 1 aromatic carbocycles. The molecule has 1 aliphatic rings. The molecule has 1 fully saturated rings. The van der Waals surface area contributed by atoms with Crippen LogP contribution in [0.4, 0.5) is 0 Å². The SMILES string of the molecule is COC(=O)C1CCC(NCc2cc(Br)c(OC)c(OC)c2)CC1. The van der Waals surface area contributed by atoms with Crippen molar-refractivity contribution in [3.05, 3.63) is 22.2 Å². The number of hydrogen-bond donors (Lipinski definition) is 1. The highest BCUT2D eigenvalue weighted by Gasteiger charge is 2.26. The number of methoxy groups -OCH3 is 3. The summed E-state index contributed by atoms with van der Waals surface area (Å²) in [4.78, 5) is 11.5. The molecule has 0 bridgehead atoms. The van der Waals surface area contributed by atoms with Gasteiger partial charge in [-0.05, 0) is 59.3 Å². The van der Waals surface area contributed by atoms with Crippen LogP contribution < -0.4 is 14.8 Å². The lowest BCUT2D eigenvalue weighted by atomic mass is 9.86. The van der Waals surface area contributed by atoms with E-state index in [-0.39, 0.29) is 11.9 Å². The molecular formula is C17H24BrNO4. The molecule has 0 radical (unpaired) electrons. The maximum atomic E-state index is 11.5. The van der Waals surface area contributed by atoms with Crippen LogP contribution >= 0.6 is 15.9 Å². The van der Waals surface area contributed by atoms with Crippen molar-refractivity contribution in [1.29, 1.82) is 0 Å². The van der Waals surface area contributed by atoms with Crippen molar-refractivity contribution in [2.45, 2.75) is 38.3 Å². The van der Waals surface area contributed by atoms with Gasteiger partial charge in [-0.15, -0.1) is 0 Å². The van der Waals surface area contributed by atoms with E-state index in [1.165, 1.54) is 7.11 Å². The van der Waals surface area contributed by atoms with Gasteiger partial charge in [0.25, 0.3) is 0 Å². The molecule has 128 valence electrons. The first-order valence-corrected chi connectivity index (χ1v) is 8.60. The lowest BCUT2D eigenvalue weighted by Gasteiger charge is -2.27. The molecule has 5 nitrogen and oxygen atoms in total. The summed E-state index contributed by atoms with van der Waals surface area (Å²) in [6.07, 6.45) is 3.77. The first-order valence-electron chi connectivity index (χ1n) is 7.80. The topological polar surface area (TPSA) is 56.8 Å². The minimum absolute atomic E-state index is 0.0632. The average molecular weight is 386 g/mol. The molecule has 1 aliphatic carbocycles. The minimum atomic E-state index is -0.0766. The van der Waals surface area contributed by atoms with E-state index in [2.05, 4.69) is 21.2 Å². The Balaban J connectivity index is 1.90. The Morgan fingerprint density at radius 3 is 2.43 bits per heavy atom. The lowest BCUT2D eigenvalue weighted by Crippen LogP contribution is -2.34. The van der Waals surface area contributed by atoms with E-state index in [4.69, 9.17) is 14.2 Å². The van der Waals surface area contributed by atoms with Crippen molar-refractivity contribution >= 4 is 21.9 Å². The molecule has 1 saturated carbocycles. The first kappa shape index (κ1) is 18.1. The molecule has 0 unspecified atom stereocenters. The van der Waals surface area contributed by atoms with Gasteiger partial charge in [0.15, 0.2) is 11.5 Å². The van der Waals surface area contributed by atoms with Crippen molar-refractivity contribution in [1.82, 2.24) is 5.32 Å². The van der Waals surface area contributed by atoms with Crippen LogP contribution in [0.5, 0.6) is 11.5 Å². The molecule has 0 aromatic heterocycles. The van der Waals surface area contributed by atoms with Gasteiger partial charge in [-0.25, -0.2) is 0 Å². The van der Waals surface area contributed by atoms with Crippen LogP contribution in [0.15, 0.2) is 16.6 Å². The van der Waals surface area contributed by atoms with Crippen LogP contribution in [0.2, 0.25) is 0 Å². The summed E-state index contributed by atoms with van der Waals surface area (Å²) in [6, 6.07) is 4.45. The second-order valence-electron chi connectivity index (χ2n) is 5.77. The molecule has 0 atom stereocenters.